The van der Waals surface area contributed by atoms with Crippen LogP contribution in [-0.4, -0.2) is 25.2 Å². The molecular formula is C15H11Cl6N3O2. The molecule has 26 heavy (non-hydrogen) atoms. The lowest BCUT2D eigenvalue weighted by atomic mass is 10.0. The first-order chi connectivity index (χ1) is 12.0. The van der Waals surface area contributed by atoms with Crippen molar-refractivity contribution in [2.45, 2.75) is 20.8 Å². The number of halogens is 6. The highest BCUT2D eigenvalue weighted by atomic mass is 35.6. The van der Waals surface area contributed by atoms with Gasteiger partial charge in [0.2, 0.25) is 7.59 Å². The van der Waals surface area contributed by atoms with Crippen molar-refractivity contribution in [2.75, 3.05) is 0 Å². The van der Waals surface area contributed by atoms with Crippen molar-refractivity contribution in [3.05, 3.63) is 52.4 Å². The molecule has 0 aliphatic heterocycles. The van der Waals surface area contributed by atoms with E-state index >= 15 is 0 Å². The molecule has 0 radical (unpaired) electrons. The number of hydrogen-bond acceptors (Lipinski definition) is 5. The minimum atomic E-state index is -1.93. The fourth-order valence-electron chi connectivity index (χ4n) is 1.94. The van der Waals surface area contributed by atoms with E-state index < -0.39 is 7.59 Å². The largest absolute Gasteiger partial charge is 0.392 e. The highest BCUT2D eigenvalue weighted by Crippen LogP contribution is 2.39. The fraction of sp³-hybridized carbons (Fsp3) is 0.267. The number of benzene rings is 1. The van der Waals surface area contributed by atoms with E-state index in [0.717, 1.165) is 5.56 Å². The van der Waals surface area contributed by atoms with Crippen LogP contribution in [0.25, 0.3) is 12.2 Å². The Morgan fingerprint density at radius 3 is 1.77 bits per heavy atom. The molecule has 0 unspecified atom stereocenters. The van der Waals surface area contributed by atoms with Gasteiger partial charge in [0.1, 0.15) is 0 Å². The van der Waals surface area contributed by atoms with Gasteiger partial charge in [-0.15, -0.1) is 0 Å². The molecule has 0 spiro atoms. The number of alkyl halides is 6. The Kier molecular flexibility index (Phi) is 7.38. The van der Waals surface area contributed by atoms with Gasteiger partial charge in [-0.25, -0.2) is 15.0 Å². The SMILES string of the molecule is OCc1ccc(/C=C/c2nc(C(Cl)(Cl)Cl)nc(C(Cl)(Cl)Cl)n2)cc1CO. The summed E-state index contributed by atoms with van der Waals surface area (Å²) in [4.78, 5) is 12.0. The Morgan fingerprint density at radius 2 is 1.31 bits per heavy atom. The van der Waals surface area contributed by atoms with E-state index in [2.05, 4.69) is 15.0 Å². The highest BCUT2D eigenvalue weighted by Gasteiger charge is 2.33. The van der Waals surface area contributed by atoms with Gasteiger partial charge in [-0.3, -0.25) is 0 Å². The predicted molar refractivity (Wildman–Crippen MR) is 106 cm³/mol. The van der Waals surface area contributed by atoms with Gasteiger partial charge in [-0.05, 0) is 28.8 Å². The smallest absolute Gasteiger partial charge is 0.250 e. The second-order valence-electron chi connectivity index (χ2n) is 5.01. The van der Waals surface area contributed by atoms with Gasteiger partial charge in [0.15, 0.2) is 17.5 Å². The summed E-state index contributed by atoms with van der Waals surface area (Å²) in [6.07, 6.45) is 3.16. The average molecular weight is 478 g/mol. The van der Waals surface area contributed by atoms with E-state index in [1.165, 1.54) is 6.08 Å². The van der Waals surface area contributed by atoms with E-state index in [1.807, 2.05) is 0 Å². The Bertz CT molecular complexity index is 786. The molecule has 0 aliphatic carbocycles. The van der Waals surface area contributed by atoms with Crippen molar-refractivity contribution in [3.63, 3.8) is 0 Å². The molecule has 140 valence electrons. The summed E-state index contributed by atoms with van der Waals surface area (Å²) >= 11 is 34.9. The summed E-state index contributed by atoms with van der Waals surface area (Å²) in [5.74, 6) is -0.269. The number of rotatable bonds is 4. The van der Waals surface area contributed by atoms with E-state index in [1.54, 1.807) is 24.3 Å². The van der Waals surface area contributed by atoms with E-state index in [-0.39, 0.29) is 30.7 Å². The maximum atomic E-state index is 9.35. The normalized spacial score (nSPS) is 12.8. The molecule has 0 saturated carbocycles. The minimum Gasteiger partial charge on any atom is -0.392 e. The lowest BCUT2D eigenvalue weighted by Crippen LogP contribution is -2.16. The molecule has 0 bridgehead atoms. The molecule has 2 N–H and O–H groups in total. The molecule has 2 aromatic rings. The van der Waals surface area contributed by atoms with Crippen LogP contribution in [0.15, 0.2) is 18.2 Å². The van der Waals surface area contributed by atoms with E-state index in [9.17, 15) is 10.2 Å². The van der Waals surface area contributed by atoms with Crippen LogP contribution in [0.2, 0.25) is 0 Å². The summed E-state index contributed by atoms with van der Waals surface area (Å²) < 4.78 is -3.86. The first kappa shape index (κ1) is 21.9. The Labute approximate surface area is 179 Å². The van der Waals surface area contributed by atoms with Crippen LogP contribution in [-0.2, 0) is 20.8 Å². The first-order valence-electron chi connectivity index (χ1n) is 6.96. The van der Waals surface area contributed by atoms with E-state index in [4.69, 9.17) is 69.6 Å². The lowest BCUT2D eigenvalue weighted by molar-refractivity contribution is 0.260. The molecule has 1 aromatic carbocycles. The molecule has 0 saturated heterocycles. The summed E-state index contributed by atoms with van der Waals surface area (Å²) in [6, 6.07) is 5.14. The van der Waals surface area contributed by atoms with Gasteiger partial charge < -0.3 is 10.2 Å². The summed E-state index contributed by atoms with van der Waals surface area (Å²) in [6.45, 7) is -0.384. The first-order valence-corrected chi connectivity index (χ1v) is 9.23. The van der Waals surface area contributed by atoms with Gasteiger partial charge in [0.25, 0.3) is 0 Å². The van der Waals surface area contributed by atoms with Crippen molar-refractivity contribution in [1.82, 2.24) is 15.0 Å². The summed E-state index contributed by atoms with van der Waals surface area (Å²) in [7, 11) is 0. The van der Waals surface area contributed by atoms with Crippen molar-refractivity contribution in [2.24, 2.45) is 0 Å². The number of aliphatic hydroxyl groups is 2. The molecule has 0 amide bonds. The van der Waals surface area contributed by atoms with Gasteiger partial charge in [0, 0.05) is 0 Å². The van der Waals surface area contributed by atoms with Gasteiger partial charge in [-0.2, -0.15) is 0 Å². The van der Waals surface area contributed by atoms with Crippen LogP contribution in [0.5, 0.6) is 0 Å². The third-order valence-electron chi connectivity index (χ3n) is 3.16. The van der Waals surface area contributed by atoms with Crippen LogP contribution < -0.4 is 0 Å². The Morgan fingerprint density at radius 1 is 0.769 bits per heavy atom. The van der Waals surface area contributed by atoms with Crippen molar-refractivity contribution in [3.8, 4) is 0 Å². The summed E-state index contributed by atoms with van der Waals surface area (Å²) in [5, 5.41) is 18.6. The zero-order valence-corrected chi connectivity index (χ0v) is 17.3. The Balaban J connectivity index is 2.44. The maximum Gasteiger partial charge on any atom is 0.250 e. The molecule has 0 atom stereocenters. The van der Waals surface area contributed by atoms with Crippen LogP contribution in [0, 0.1) is 0 Å². The fourth-order valence-corrected chi connectivity index (χ4v) is 2.45. The molecule has 0 aliphatic rings. The van der Waals surface area contributed by atoms with Crippen LogP contribution >= 0.6 is 69.6 Å². The number of nitrogens with zero attached hydrogens (tertiary/aromatic N) is 3. The monoisotopic (exact) mass is 475 g/mol. The number of aliphatic hydroxyl groups excluding tert-OH is 2. The zero-order chi connectivity index (χ0) is 19.5. The molecule has 11 heteroatoms. The van der Waals surface area contributed by atoms with E-state index in [0.29, 0.717) is 11.1 Å². The van der Waals surface area contributed by atoms with Crippen molar-refractivity contribution in [1.29, 1.82) is 0 Å². The molecule has 0 fully saturated rings. The number of hydrogen-bond donors (Lipinski definition) is 2. The van der Waals surface area contributed by atoms with Crippen molar-refractivity contribution >= 4 is 81.8 Å². The quantitative estimate of drug-likeness (QED) is 0.625. The van der Waals surface area contributed by atoms with Crippen LogP contribution in [0.1, 0.15) is 34.2 Å². The molecule has 1 heterocycles. The Hall–Kier alpha value is -0.370. The topological polar surface area (TPSA) is 79.1 Å². The van der Waals surface area contributed by atoms with Crippen LogP contribution in [0.3, 0.4) is 0 Å². The lowest BCUT2D eigenvalue weighted by Gasteiger charge is -2.14. The van der Waals surface area contributed by atoms with Gasteiger partial charge >= 0.3 is 0 Å². The third kappa shape index (κ3) is 5.81. The number of aromatic nitrogens is 3. The second-order valence-corrected chi connectivity index (χ2v) is 9.58. The predicted octanol–water partition coefficient (Wildman–Crippen LogP) is 4.68. The highest BCUT2D eigenvalue weighted by molar-refractivity contribution is 6.67. The molecule has 2 rings (SSSR count). The van der Waals surface area contributed by atoms with Gasteiger partial charge in [-0.1, -0.05) is 87.8 Å². The van der Waals surface area contributed by atoms with Crippen molar-refractivity contribution < 1.29 is 10.2 Å². The summed E-state index contributed by atoms with van der Waals surface area (Å²) in [5.41, 5.74) is 1.94. The standard InChI is InChI=1S/C15H11Cl6N3O2/c16-14(17,18)12-22-11(23-13(24-12)15(19,20)21)4-2-8-1-3-9(6-25)10(5-8)7-26/h1-5,25-26H,6-7H2/b4-2+. The van der Waals surface area contributed by atoms with Crippen LogP contribution in [0.4, 0.5) is 0 Å². The average Bonchev–Trinajstić information content (AvgIpc) is 2.57. The maximum absolute atomic E-state index is 9.35. The molecular weight excluding hydrogens is 467 g/mol. The van der Waals surface area contributed by atoms with Gasteiger partial charge in [0.05, 0.1) is 13.2 Å². The molecule has 1 aromatic heterocycles. The minimum absolute atomic E-state index is 0.111. The molecule has 5 nitrogen and oxygen atoms in total. The zero-order valence-electron chi connectivity index (χ0n) is 12.8. The third-order valence-corrected chi connectivity index (χ3v) is 4.17. The second kappa shape index (κ2) is 8.76.